The minimum absolute atomic E-state index is 0.129. The minimum atomic E-state index is -0.733. The highest BCUT2D eigenvalue weighted by molar-refractivity contribution is 6.00. The summed E-state index contributed by atoms with van der Waals surface area (Å²) in [6.45, 7) is 8.88. The fourth-order valence-corrected chi connectivity index (χ4v) is 5.15. The van der Waals surface area contributed by atoms with Gasteiger partial charge in [0.15, 0.2) is 0 Å². The van der Waals surface area contributed by atoms with E-state index in [0.29, 0.717) is 37.1 Å². The van der Waals surface area contributed by atoms with E-state index in [4.69, 9.17) is 4.74 Å². The number of aliphatic hydroxyl groups is 1. The van der Waals surface area contributed by atoms with E-state index in [2.05, 4.69) is 5.32 Å². The van der Waals surface area contributed by atoms with E-state index >= 15 is 0 Å². The third kappa shape index (κ3) is 5.18. The van der Waals surface area contributed by atoms with Crippen LogP contribution in [-0.2, 0) is 25.7 Å². The Labute approximate surface area is 203 Å². The van der Waals surface area contributed by atoms with Gasteiger partial charge in [0.2, 0.25) is 11.8 Å². The van der Waals surface area contributed by atoms with Gasteiger partial charge < -0.3 is 9.84 Å². The molecule has 35 heavy (non-hydrogen) atoms. The zero-order valence-corrected chi connectivity index (χ0v) is 20.7. The molecule has 0 aliphatic carbocycles. The van der Waals surface area contributed by atoms with Crippen LogP contribution < -0.4 is 11.0 Å². The monoisotopic (exact) mass is 486 g/mol. The predicted octanol–water partition coefficient (Wildman–Crippen LogP) is 1.29. The van der Waals surface area contributed by atoms with Crippen molar-refractivity contribution in [2.24, 2.45) is 0 Å². The lowest BCUT2D eigenvalue weighted by Gasteiger charge is -2.36. The molecule has 2 fully saturated rings. The van der Waals surface area contributed by atoms with Crippen molar-refractivity contribution in [3.63, 3.8) is 0 Å². The molecule has 0 saturated carbocycles. The SMILES string of the molecule is CCn1c(=O)n(C2CCC(=O)NC2=O)c2ccc([C@@H]3CCN(CC(=O)OC(C)(C)C)C[C@H]3O)cc21. The molecule has 2 amide bonds. The summed E-state index contributed by atoms with van der Waals surface area (Å²) in [6, 6.07) is 4.89. The van der Waals surface area contributed by atoms with Crippen molar-refractivity contribution in [1.29, 1.82) is 0 Å². The van der Waals surface area contributed by atoms with Gasteiger partial charge in [0.25, 0.3) is 0 Å². The van der Waals surface area contributed by atoms with E-state index in [1.165, 1.54) is 4.57 Å². The van der Waals surface area contributed by atoms with Crippen LogP contribution in [0.25, 0.3) is 11.0 Å². The first-order chi connectivity index (χ1) is 16.5. The first-order valence-electron chi connectivity index (χ1n) is 12.2. The number of benzene rings is 1. The van der Waals surface area contributed by atoms with Gasteiger partial charge in [0.05, 0.1) is 23.7 Å². The summed E-state index contributed by atoms with van der Waals surface area (Å²) < 4.78 is 8.49. The molecule has 2 aliphatic rings. The Bertz CT molecular complexity index is 1210. The summed E-state index contributed by atoms with van der Waals surface area (Å²) >= 11 is 0. The number of aliphatic hydroxyl groups excluding tert-OH is 1. The smallest absolute Gasteiger partial charge is 0.329 e. The van der Waals surface area contributed by atoms with Crippen molar-refractivity contribution in [3.8, 4) is 0 Å². The van der Waals surface area contributed by atoms with Crippen molar-refractivity contribution < 1.29 is 24.2 Å². The molecular formula is C25H34N4O6. The average molecular weight is 487 g/mol. The number of nitrogens with zero attached hydrogens (tertiary/aromatic N) is 3. The van der Waals surface area contributed by atoms with E-state index in [0.717, 1.165) is 5.56 Å². The Kier molecular flexibility index (Phi) is 6.88. The van der Waals surface area contributed by atoms with Gasteiger partial charge in [-0.05, 0) is 64.8 Å². The topological polar surface area (TPSA) is 123 Å². The summed E-state index contributed by atoms with van der Waals surface area (Å²) in [4.78, 5) is 51.3. The number of rotatable bonds is 5. The van der Waals surface area contributed by atoms with Crippen LogP contribution in [0.1, 0.15) is 64.5 Å². The Hall–Kier alpha value is -2.98. The minimum Gasteiger partial charge on any atom is -0.459 e. The molecule has 4 rings (SSSR count). The maximum atomic E-state index is 13.2. The number of esters is 1. The molecule has 3 atom stereocenters. The Morgan fingerprint density at radius 3 is 2.54 bits per heavy atom. The van der Waals surface area contributed by atoms with Crippen LogP contribution in [0.5, 0.6) is 0 Å². The van der Waals surface area contributed by atoms with Gasteiger partial charge in [-0.1, -0.05) is 6.07 Å². The number of β-amino-alcohol motifs (C(OH)–C–C–N with tert-alkyl or cyclic N) is 1. The first-order valence-corrected chi connectivity index (χ1v) is 12.2. The predicted molar refractivity (Wildman–Crippen MR) is 129 cm³/mol. The van der Waals surface area contributed by atoms with E-state index in [9.17, 15) is 24.3 Å². The van der Waals surface area contributed by atoms with E-state index in [1.54, 1.807) is 4.57 Å². The number of nitrogens with one attached hydrogen (secondary N) is 1. The number of amides is 2. The molecule has 0 radical (unpaired) electrons. The molecule has 2 aliphatic heterocycles. The zero-order valence-electron chi connectivity index (χ0n) is 20.7. The number of piperidine rings is 2. The lowest BCUT2D eigenvalue weighted by Crippen LogP contribution is -2.45. The summed E-state index contributed by atoms with van der Waals surface area (Å²) in [7, 11) is 0. The number of imide groups is 1. The largest absolute Gasteiger partial charge is 0.459 e. The Balaban J connectivity index is 1.56. The van der Waals surface area contributed by atoms with Crippen molar-refractivity contribution >= 4 is 28.8 Å². The molecule has 0 bridgehead atoms. The number of ether oxygens (including phenoxy) is 1. The highest BCUT2D eigenvalue weighted by Crippen LogP contribution is 2.32. The Morgan fingerprint density at radius 1 is 1.17 bits per heavy atom. The second-order valence-electron chi connectivity index (χ2n) is 10.4. The molecule has 10 heteroatoms. The molecule has 0 spiro atoms. The standard InChI is InChI=1S/C25H34N4O6/c1-5-28-19-12-15(16-10-11-27(13-20(16)30)14-22(32)35-25(2,3)4)6-7-17(19)29(24(28)34)18-8-9-21(31)26-23(18)33/h6-7,12,16,18,20,30H,5,8-11,13-14H2,1-4H3,(H,26,31,33)/t16-,18?,20+/m0/s1. The molecule has 2 aromatic rings. The van der Waals surface area contributed by atoms with Crippen molar-refractivity contribution in [3.05, 3.63) is 34.2 Å². The number of carbonyl (C=O) groups excluding carboxylic acids is 3. The maximum absolute atomic E-state index is 13.2. The average Bonchev–Trinajstić information content (AvgIpc) is 3.03. The number of hydrogen-bond acceptors (Lipinski definition) is 7. The Morgan fingerprint density at radius 2 is 1.91 bits per heavy atom. The molecule has 10 nitrogen and oxygen atoms in total. The first kappa shape index (κ1) is 25.1. The molecule has 1 unspecified atom stereocenters. The maximum Gasteiger partial charge on any atom is 0.329 e. The van der Waals surface area contributed by atoms with Crippen LogP contribution in [0.15, 0.2) is 23.0 Å². The molecule has 3 heterocycles. The van der Waals surface area contributed by atoms with Gasteiger partial charge in [-0.2, -0.15) is 0 Å². The van der Waals surface area contributed by atoms with Gasteiger partial charge in [0, 0.05) is 25.4 Å². The highest BCUT2D eigenvalue weighted by atomic mass is 16.6. The van der Waals surface area contributed by atoms with Crippen LogP contribution >= 0.6 is 0 Å². The third-order valence-corrected chi connectivity index (χ3v) is 6.69. The molecule has 2 saturated heterocycles. The van der Waals surface area contributed by atoms with Gasteiger partial charge in [-0.25, -0.2) is 4.79 Å². The number of imidazole rings is 1. The van der Waals surface area contributed by atoms with Crippen molar-refractivity contribution in [2.75, 3.05) is 19.6 Å². The second kappa shape index (κ2) is 9.58. The lowest BCUT2D eigenvalue weighted by molar-refractivity contribution is -0.157. The van der Waals surface area contributed by atoms with Gasteiger partial charge in [-0.15, -0.1) is 0 Å². The van der Waals surface area contributed by atoms with E-state index in [-0.39, 0.29) is 42.9 Å². The van der Waals surface area contributed by atoms with Crippen LogP contribution in [0.3, 0.4) is 0 Å². The summed E-state index contributed by atoms with van der Waals surface area (Å²) in [5.41, 5.74) is 1.39. The fraction of sp³-hybridized carbons (Fsp3) is 0.600. The fourth-order valence-electron chi connectivity index (χ4n) is 5.15. The summed E-state index contributed by atoms with van der Waals surface area (Å²) in [5.74, 6) is -1.25. The molecule has 2 N–H and O–H groups in total. The number of likely N-dealkylation sites (tertiary alicyclic amines) is 1. The normalized spacial score (nSPS) is 24.0. The number of hydrogen-bond donors (Lipinski definition) is 2. The molecule has 1 aromatic heterocycles. The number of aryl methyl sites for hydroxylation is 1. The zero-order chi connectivity index (χ0) is 25.5. The van der Waals surface area contributed by atoms with Crippen LogP contribution in [0, 0.1) is 0 Å². The van der Waals surface area contributed by atoms with Gasteiger partial charge in [0.1, 0.15) is 11.6 Å². The highest BCUT2D eigenvalue weighted by Gasteiger charge is 2.33. The second-order valence-corrected chi connectivity index (χ2v) is 10.4. The number of carbonyl (C=O) groups is 3. The van der Waals surface area contributed by atoms with Gasteiger partial charge in [-0.3, -0.25) is 33.7 Å². The van der Waals surface area contributed by atoms with Crippen molar-refractivity contribution in [2.45, 2.75) is 77.2 Å². The summed E-state index contributed by atoms with van der Waals surface area (Å²) in [5, 5.41) is 13.2. The molecular weight excluding hydrogens is 452 g/mol. The number of fused-ring (bicyclic) bond motifs is 1. The van der Waals surface area contributed by atoms with Crippen LogP contribution in [0.2, 0.25) is 0 Å². The lowest BCUT2D eigenvalue weighted by atomic mass is 9.87. The molecule has 190 valence electrons. The number of aromatic nitrogens is 2. The molecule has 1 aromatic carbocycles. The van der Waals surface area contributed by atoms with E-state index < -0.39 is 23.7 Å². The van der Waals surface area contributed by atoms with E-state index in [1.807, 2.05) is 50.8 Å². The van der Waals surface area contributed by atoms with Crippen LogP contribution in [0.4, 0.5) is 0 Å². The van der Waals surface area contributed by atoms with Gasteiger partial charge >= 0.3 is 11.7 Å². The quantitative estimate of drug-likeness (QED) is 0.482. The van der Waals surface area contributed by atoms with Crippen LogP contribution in [-0.4, -0.2) is 68.3 Å². The van der Waals surface area contributed by atoms with Crippen molar-refractivity contribution in [1.82, 2.24) is 19.4 Å². The summed E-state index contributed by atoms with van der Waals surface area (Å²) in [6.07, 6.45) is 0.444. The third-order valence-electron chi connectivity index (χ3n) is 6.69.